The van der Waals surface area contributed by atoms with Gasteiger partial charge in [0.05, 0.1) is 0 Å². The average molecular weight is 285 g/mol. The molecule has 4 rings (SSSR count). The molecule has 4 aromatic carbocycles. The summed E-state index contributed by atoms with van der Waals surface area (Å²) < 4.78 is 0. The predicted molar refractivity (Wildman–Crippen MR) is 96.8 cm³/mol. The van der Waals surface area contributed by atoms with E-state index in [0.29, 0.717) is 0 Å². The van der Waals surface area contributed by atoms with Gasteiger partial charge in [-0.2, -0.15) is 0 Å². The lowest BCUT2D eigenvalue weighted by Gasteiger charge is -2.13. The Balaban J connectivity index is 1.89. The first-order chi connectivity index (χ1) is 10.9. The van der Waals surface area contributed by atoms with Crippen molar-refractivity contribution >= 4 is 32.3 Å². The van der Waals surface area contributed by atoms with Gasteiger partial charge in [0.1, 0.15) is 0 Å². The first-order valence-corrected chi connectivity index (χ1v) is 8.45. The molecule has 0 aliphatic rings. The van der Waals surface area contributed by atoms with Gasteiger partial charge in [-0.3, -0.25) is 0 Å². The van der Waals surface area contributed by atoms with Crippen LogP contribution in [0.2, 0.25) is 0 Å². The van der Waals surface area contributed by atoms with E-state index in [4.69, 9.17) is 0 Å². The second-order valence-electron chi connectivity index (χ2n) is 6.30. The lowest BCUT2D eigenvalue weighted by Crippen LogP contribution is -1.91. The summed E-state index contributed by atoms with van der Waals surface area (Å²) in [4.78, 5) is 0. The van der Waals surface area contributed by atoms with Crippen LogP contribution in [0.5, 0.6) is 0 Å². The second-order valence-corrected chi connectivity index (χ2v) is 6.30. The van der Waals surface area contributed by atoms with Gasteiger partial charge in [0.2, 0.25) is 0 Å². The van der Waals surface area contributed by atoms with Crippen LogP contribution in [0.1, 0.15) is 38.2 Å². The third kappa shape index (κ3) is 2.14. The quantitative estimate of drug-likeness (QED) is 0.290. The first kappa shape index (κ1) is 13.6. The highest BCUT2D eigenvalue weighted by atomic mass is 14.1. The van der Waals surface area contributed by atoms with Crippen LogP contribution in [0.3, 0.4) is 0 Å². The van der Waals surface area contributed by atoms with Crippen molar-refractivity contribution in [3.8, 4) is 0 Å². The summed E-state index contributed by atoms with van der Waals surface area (Å²) in [5, 5.41) is 8.16. The van der Waals surface area contributed by atoms with Crippen molar-refractivity contribution in [2.75, 3.05) is 0 Å². The van der Waals surface area contributed by atoms with Crippen LogP contribution in [-0.2, 0) is 6.42 Å². The molecule has 0 atom stereocenters. The molecule has 0 fully saturated rings. The third-order valence-electron chi connectivity index (χ3n) is 4.84. The molecule has 0 aliphatic heterocycles. The normalized spacial score (nSPS) is 11.9. The van der Waals surface area contributed by atoms with Crippen LogP contribution in [-0.4, -0.2) is 0 Å². The molecule has 0 heteroatoms. The molecule has 1 radical (unpaired) electrons. The van der Waals surface area contributed by atoms with Crippen LogP contribution in [0.25, 0.3) is 32.3 Å². The molecule has 109 valence electrons. The summed E-state index contributed by atoms with van der Waals surface area (Å²) in [6.45, 7) is 2.27. The first-order valence-electron chi connectivity index (χ1n) is 8.45. The zero-order chi connectivity index (χ0) is 14.9. The van der Waals surface area contributed by atoms with Crippen LogP contribution >= 0.6 is 0 Å². The molecule has 0 saturated carbocycles. The Hall–Kier alpha value is -2.08. The van der Waals surface area contributed by atoms with Crippen LogP contribution in [0.4, 0.5) is 0 Å². The average Bonchev–Trinajstić information content (AvgIpc) is 2.57. The summed E-state index contributed by atoms with van der Waals surface area (Å²) in [5.41, 5.74) is 1.50. The fourth-order valence-electron chi connectivity index (χ4n) is 3.68. The minimum atomic E-state index is 1.19. The largest absolute Gasteiger partial charge is 0.0654 e. The van der Waals surface area contributed by atoms with Crippen molar-refractivity contribution < 1.29 is 0 Å². The number of unbranched alkanes of at least 4 members (excludes halogenated alkanes) is 3. The van der Waals surface area contributed by atoms with E-state index in [9.17, 15) is 0 Å². The summed E-state index contributed by atoms with van der Waals surface area (Å²) in [7, 11) is 0. The summed E-state index contributed by atoms with van der Waals surface area (Å²) in [6, 6.07) is 21.3. The van der Waals surface area contributed by atoms with E-state index >= 15 is 0 Å². The number of hydrogen-bond acceptors (Lipinski definition) is 0. The van der Waals surface area contributed by atoms with Gasteiger partial charge in [-0.15, -0.1) is 0 Å². The van der Waals surface area contributed by atoms with Crippen LogP contribution in [0, 0.1) is 6.07 Å². The monoisotopic (exact) mass is 285 g/mol. The number of rotatable bonds is 5. The summed E-state index contributed by atoms with van der Waals surface area (Å²) >= 11 is 0. The van der Waals surface area contributed by atoms with E-state index in [-0.39, 0.29) is 0 Å². The lowest BCUT2D eigenvalue weighted by molar-refractivity contribution is 0.668. The molecule has 0 nitrogen and oxygen atoms in total. The predicted octanol–water partition coefficient (Wildman–Crippen LogP) is 6.51. The van der Waals surface area contributed by atoms with Gasteiger partial charge in [-0.25, -0.2) is 0 Å². The number of hydrogen-bond donors (Lipinski definition) is 0. The van der Waals surface area contributed by atoms with E-state index in [2.05, 4.69) is 55.5 Å². The Kier molecular flexibility index (Phi) is 3.46. The van der Waals surface area contributed by atoms with Gasteiger partial charge in [0.15, 0.2) is 0 Å². The zero-order valence-corrected chi connectivity index (χ0v) is 13.2. The molecule has 0 N–H and O–H groups in total. The molecule has 4 aromatic rings. The van der Waals surface area contributed by atoms with Crippen molar-refractivity contribution in [3.63, 3.8) is 0 Å². The Bertz CT molecular complexity index is 901. The highest BCUT2D eigenvalue weighted by Crippen LogP contribution is 2.36. The van der Waals surface area contributed by atoms with Crippen molar-refractivity contribution in [2.45, 2.75) is 39.0 Å². The molecule has 0 heterocycles. The molecule has 0 amide bonds. The molecule has 0 aliphatic carbocycles. The minimum Gasteiger partial charge on any atom is -0.0654 e. The van der Waals surface area contributed by atoms with E-state index in [1.54, 1.807) is 0 Å². The highest BCUT2D eigenvalue weighted by Gasteiger charge is 2.10. The van der Waals surface area contributed by atoms with Crippen molar-refractivity contribution in [1.29, 1.82) is 0 Å². The molecule has 0 aromatic heterocycles. The second kappa shape index (κ2) is 5.61. The van der Waals surface area contributed by atoms with Gasteiger partial charge in [0.25, 0.3) is 0 Å². The minimum absolute atomic E-state index is 1.19. The number of benzene rings is 4. The van der Waals surface area contributed by atoms with E-state index < -0.39 is 0 Å². The fraction of sp³-hybridized carbons (Fsp3) is 0.273. The summed E-state index contributed by atoms with van der Waals surface area (Å²) in [5.74, 6) is 0. The maximum atomic E-state index is 3.39. The van der Waals surface area contributed by atoms with Gasteiger partial charge < -0.3 is 0 Å². The SMILES string of the molecule is CCCCCCc1ccc2ccc3cc[c]c4ccc1c2c43. The number of aryl methyl sites for hydroxylation is 1. The Morgan fingerprint density at radius 2 is 1.59 bits per heavy atom. The van der Waals surface area contributed by atoms with Gasteiger partial charge in [-0.1, -0.05) is 74.7 Å². The molecule has 0 spiro atoms. The smallest absolute Gasteiger partial charge is 0.00205 e. The standard InChI is InChI=1S/C22H21/c1-2-3-4-5-7-16-10-11-19-13-12-17-8-6-9-18-14-15-20(16)22(19)21(17)18/h6,8,10-15H,2-5,7H2,1H3. The lowest BCUT2D eigenvalue weighted by atomic mass is 9.90. The van der Waals surface area contributed by atoms with Crippen molar-refractivity contribution in [2.24, 2.45) is 0 Å². The van der Waals surface area contributed by atoms with E-state index in [1.165, 1.54) is 70.0 Å². The maximum absolute atomic E-state index is 3.39. The Morgan fingerprint density at radius 3 is 2.45 bits per heavy atom. The van der Waals surface area contributed by atoms with Crippen LogP contribution < -0.4 is 0 Å². The van der Waals surface area contributed by atoms with E-state index in [0.717, 1.165) is 0 Å². The van der Waals surface area contributed by atoms with Crippen molar-refractivity contribution in [1.82, 2.24) is 0 Å². The molecular weight excluding hydrogens is 264 g/mol. The molecule has 0 unspecified atom stereocenters. The van der Waals surface area contributed by atoms with Gasteiger partial charge in [0, 0.05) is 0 Å². The molecular formula is C22H21. The van der Waals surface area contributed by atoms with Gasteiger partial charge in [-0.05, 0) is 56.8 Å². The molecule has 22 heavy (non-hydrogen) atoms. The Labute approximate surface area is 132 Å². The van der Waals surface area contributed by atoms with Crippen molar-refractivity contribution in [3.05, 3.63) is 60.2 Å². The van der Waals surface area contributed by atoms with Crippen LogP contribution in [0.15, 0.2) is 48.5 Å². The molecule has 0 bridgehead atoms. The maximum Gasteiger partial charge on any atom is -0.00205 e. The zero-order valence-electron chi connectivity index (χ0n) is 13.2. The fourth-order valence-corrected chi connectivity index (χ4v) is 3.68. The summed E-state index contributed by atoms with van der Waals surface area (Å²) in [6.07, 6.45) is 6.48. The molecule has 0 saturated heterocycles. The highest BCUT2D eigenvalue weighted by molar-refractivity contribution is 6.23. The Morgan fingerprint density at radius 1 is 0.773 bits per heavy atom. The topological polar surface area (TPSA) is 0 Å². The van der Waals surface area contributed by atoms with Gasteiger partial charge >= 0.3 is 0 Å². The van der Waals surface area contributed by atoms with E-state index in [1.807, 2.05) is 6.07 Å². The third-order valence-corrected chi connectivity index (χ3v) is 4.84.